The van der Waals surface area contributed by atoms with Crippen molar-refractivity contribution < 1.29 is 19.0 Å². The number of piperazine rings is 1. The number of nitrogens with zero attached hydrogens (tertiary/aromatic N) is 7. The molecule has 0 radical (unpaired) electrons. The van der Waals surface area contributed by atoms with E-state index >= 15 is 0 Å². The van der Waals surface area contributed by atoms with Gasteiger partial charge in [-0.25, -0.2) is 4.79 Å². The Morgan fingerprint density at radius 1 is 1.02 bits per heavy atom. The SMILES string of the molecule is CC.CCC(C)NC(=O)N(C=N)c1ccc(N2CCN(c3ccc(OCC4COC(Cn5nccn5)(c5[nH]nc6ccccc56)O4)cc3)CC2)cc1. The van der Waals surface area contributed by atoms with Crippen LogP contribution in [0.1, 0.15) is 39.8 Å². The first-order valence-electron chi connectivity index (χ1n) is 18.0. The number of carbonyl (C=O) groups excluding carboxylic acids is 1. The maximum absolute atomic E-state index is 12.6. The summed E-state index contributed by atoms with van der Waals surface area (Å²) in [6.45, 7) is 12.3. The van der Waals surface area contributed by atoms with Crippen LogP contribution in [-0.2, 0) is 21.8 Å². The molecule has 2 aromatic heterocycles. The molecule has 2 fully saturated rings. The third-order valence-electron chi connectivity index (χ3n) is 9.26. The van der Waals surface area contributed by atoms with E-state index in [2.05, 4.69) is 47.6 Å². The lowest BCUT2D eigenvalue weighted by atomic mass is 10.1. The van der Waals surface area contributed by atoms with Gasteiger partial charge in [0.15, 0.2) is 0 Å². The molecule has 0 aliphatic carbocycles. The number of H-pyrrole nitrogens is 1. The number of hydrogen-bond donors (Lipinski definition) is 3. The minimum Gasteiger partial charge on any atom is -0.491 e. The maximum Gasteiger partial charge on any atom is 0.327 e. The molecule has 2 saturated heterocycles. The summed E-state index contributed by atoms with van der Waals surface area (Å²) >= 11 is 0. The van der Waals surface area contributed by atoms with Gasteiger partial charge in [0.2, 0.25) is 5.79 Å². The van der Waals surface area contributed by atoms with E-state index in [1.807, 2.05) is 88.4 Å². The largest absolute Gasteiger partial charge is 0.491 e. The molecule has 3 unspecified atom stereocenters. The minimum absolute atomic E-state index is 0.0408. The average molecular weight is 709 g/mol. The molecule has 0 saturated carbocycles. The van der Waals surface area contributed by atoms with Gasteiger partial charge < -0.3 is 29.3 Å². The molecule has 2 aliphatic rings. The fourth-order valence-electron chi connectivity index (χ4n) is 6.32. The smallest absolute Gasteiger partial charge is 0.327 e. The highest BCUT2D eigenvalue weighted by atomic mass is 16.8. The Kier molecular flexibility index (Phi) is 11.7. The molecule has 4 heterocycles. The van der Waals surface area contributed by atoms with Crippen molar-refractivity contribution in [1.82, 2.24) is 30.5 Å². The molecule has 2 aliphatic heterocycles. The summed E-state index contributed by atoms with van der Waals surface area (Å²) in [5.74, 6) is -0.382. The summed E-state index contributed by atoms with van der Waals surface area (Å²) in [7, 11) is 0. The van der Waals surface area contributed by atoms with Crippen LogP contribution in [0.15, 0.2) is 85.2 Å². The first kappa shape index (κ1) is 36.3. The monoisotopic (exact) mass is 708 g/mol. The highest BCUT2D eigenvalue weighted by molar-refractivity contribution is 6.06. The molecule has 3 aromatic carbocycles. The van der Waals surface area contributed by atoms with Gasteiger partial charge in [-0.15, -0.1) is 0 Å². The summed E-state index contributed by atoms with van der Waals surface area (Å²) in [6.07, 6.45) is 4.82. The number of ether oxygens (including phenoxy) is 3. The number of rotatable bonds is 12. The summed E-state index contributed by atoms with van der Waals surface area (Å²) in [4.78, 5) is 20.2. The van der Waals surface area contributed by atoms with E-state index < -0.39 is 5.79 Å². The standard InChI is InChI=1S/C36H42N10O4.C2H6/c1-3-26(2)40-35(47)45(25-37)29-10-8-27(9-11-29)43-18-20-44(21-19-43)28-12-14-30(15-13-28)48-22-31-23-49-36(50-31,24-46-38-16-17-39-46)34-32-6-4-5-7-33(32)41-42-34;1-2/h4-17,25-26,31,37H,3,18-24H2,1-2H3,(H,40,47)(H,41,42);1-2H3. The van der Waals surface area contributed by atoms with E-state index in [4.69, 9.17) is 19.6 Å². The zero-order valence-corrected chi connectivity index (χ0v) is 30.2. The maximum atomic E-state index is 12.6. The molecular weight excluding hydrogens is 660 g/mol. The average Bonchev–Trinajstić information content (AvgIpc) is 3.97. The van der Waals surface area contributed by atoms with Crippen LogP contribution < -0.4 is 24.8 Å². The van der Waals surface area contributed by atoms with Crippen molar-refractivity contribution in [1.29, 1.82) is 5.41 Å². The van der Waals surface area contributed by atoms with Crippen molar-refractivity contribution >= 4 is 40.3 Å². The number of aromatic nitrogens is 5. The van der Waals surface area contributed by atoms with Gasteiger partial charge in [-0.05, 0) is 67.9 Å². The van der Waals surface area contributed by atoms with E-state index in [9.17, 15) is 4.79 Å². The van der Waals surface area contributed by atoms with Gasteiger partial charge in [0.25, 0.3) is 0 Å². The first-order valence-corrected chi connectivity index (χ1v) is 18.0. The van der Waals surface area contributed by atoms with Crippen LogP contribution in [-0.4, -0.2) is 89.1 Å². The fraction of sp³-hybridized carbons (Fsp3) is 0.395. The van der Waals surface area contributed by atoms with Gasteiger partial charge in [-0.2, -0.15) is 20.1 Å². The molecule has 5 aromatic rings. The summed E-state index contributed by atoms with van der Waals surface area (Å²) < 4.78 is 19.1. The van der Waals surface area contributed by atoms with E-state index in [1.165, 1.54) is 4.90 Å². The molecular formula is C38H48N10O4. The molecule has 0 bridgehead atoms. The van der Waals surface area contributed by atoms with Crippen LogP contribution in [0.2, 0.25) is 0 Å². The highest BCUT2D eigenvalue weighted by Gasteiger charge is 2.47. The van der Waals surface area contributed by atoms with Gasteiger partial charge in [0, 0.05) is 49.0 Å². The number of amides is 2. The van der Waals surface area contributed by atoms with E-state index in [0.29, 0.717) is 18.9 Å². The van der Waals surface area contributed by atoms with Crippen molar-refractivity contribution in [2.75, 3.05) is 54.1 Å². The first-order chi connectivity index (χ1) is 25.4. The normalized spacial score (nSPS) is 19.1. The van der Waals surface area contributed by atoms with Crippen LogP contribution in [0.3, 0.4) is 0 Å². The third kappa shape index (κ3) is 8.03. The summed E-state index contributed by atoms with van der Waals surface area (Å²) in [5.41, 5.74) is 4.44. The number of anilines is 3. The zero-order valence-electron chi connectivity index (χ0n) is 30.2. The van der Waals surface area contributed by atoms with E-state index in [-0.39, 0.29) is 24.7 Å². The minimum atomic E-state index is -1.14. The Hall–Kier alpha value is -5.47. The Labute approximate surface area is 304 Å². The van der Waals surface area contributed by atoms with Crippen molar-refractivity contribution in [2.24, 2.45) is 0 Å². The Morgan fingerprint density at radius 3 is 2.29 bits per heavy atom. The Bertz CT molecular complexity index is 1870. The quantitative estimate of drug-likeness (QED) is 0.108. The molecule has 3 N–H and O–H groups in total. The Morgan fingerprint density at radius 2 is 1.65 bits per heavy atom. The number of nitrogens with one attached hydrogen (secondary N) is 3. The topological polar surface area (TPSA) is 150 Å². The van der Waals surface area contributed by atoms with Gasteiger partial charge in [0.05, 0.1) is 36.5 Å². The number of para-hydroxylation sites is 1. The second-order valence-electron chi connectivity index (χ2n) is 12.5. The van der Waals surface area contributed by atoms with Crippen LogP contribution in [0.5, 0.6) is 5.75 Å². The molecule has 274 valence electrons. The molecule has 7 rings (SSSR count). The predicted molar refractivity (Wildman–Crippen MR) is 202 cm³/mol. The van der Waals surface area contributed by atoms with Crippen molar-refractivity contribution in [2.45, 2.75) is 58.6 Å². The van der Waals surface area contributed by atoms with E-state index in [0.717, 1.165) is 72.7 Å². The molecule has 0 spiro atoms. The van der Waals surface area contributed by atoms with Crippen molar-refractivity contribution in [3.05, 3.63) is 90.9 Å². The molecule has 2 amide bonds. The summed E-state index contributed by atoms with van der Waals surface area (Å²) in [5, 5.41) is 27.7. The van der Waals surface area contributed by atoms with Crippen molar-refractivity contribution in [3.63, 3.8) is 0 Å². The number of fused-ring (bicyclic) bond motifs is 1. The van der Waals surface area contributed by atoms with Gasteiger partial charge in [-0.1, -0.05) is 39.0 Å². The second kappa shape index (κ2) is 16.7. The van der Waals surface area contributed by atoms with E-state index in [1.54, 1.807) is 17.2 Å². The number of benzene rings is 3. The van der Waals surface area contributed by atoms with Crippen LogP contribution in [0.4, 0.5) is 21.9 Å². The van der Waals surface area contributed by atoms with Gasteiger partial charge >= 0.3 is 6.03 Å². The van der Waals surface area contributed by atoms with Crippen LogP contribution >= 0.6 is 0 Å². The van der Waals surface area contributed by atoms with Gasteiger partial charge in [0.1, 0.15) is 30.7 Å². The molecule has 14 heteroatoms. The summed E-state index contributed by atoms with van der Waals surface area (Å²) in [6, 6.07) is 23.6. The van der Waals surface area contributed by atoms with Crippen LogP contribution in [0, 0.1) is 5.41 Å². The number of carbonyl (C=O) groups is 1. The fourth-order valence-corrected chi connectivity index (χ4v) is 6.32. The molecule has 14 nitrogen and oxygen atoms in total. The molecule has 52 heavy (non-hydrogen) atoms. The lowest BCUT2D eigenvalue weighted by molar-refractivity contribution is -0.194. The highest BCUT2D eigenvalue weighted by Crippen LogP contribution is 2.38. The Balaban J connectivity index is 0.00000228. The van der Waals surface area contributed by atoms with Crippen molar-refractivity contribution in [3.8, 4) is 5.75 Å². The lowest BCUT2D eigenvalue weighted by Gasteiger charge is -2.37. The second-order valence-corrected chi connectivity index (χ2v) is 12.5. The number of aromatic amines is 1. The predicted octanol–water partition coefficient (Wildman–Crippen LogP) is 5.78. The lowest BCUT2D eigenvalue weighted by Crippen LogP contribution is -2.46. The number of hydrogen-bond acceptors (Lipinski definition) is 10. The third-order valence-corrected chi connectivity index (χ3v) is 9.26. The van der Waals surface area contributed by atoms with Crippen LogP contribution in [0.25, 0.3) is 10.9 Å². The number of urea groups is 1. The zero-order chi connectivity index (χ0) is 36.5. The van der Waals surface area contributed by atoms with Gasteiger partial charge in [-0.3, -0.25) is 15.4 Å². The molecule has 3 atom stereocenters.